The second-order valence-corrected chi connectivity index (χ2v) is 11.4. The number of hydrogen-bond acceptors (Lipinski definition) is 5. The van der Waals surface area contributed by atoms with Crippen LogP contribution in [0.15, 0.2) is 48.5 Å². The fourth-order valence-electron chi connectivity index (χ4n) is 4.43. The Morgan fingerprint density at radius 3 is 2.14 bits per heavy atom. The van der Waals surface area contributed by atoms with Crippen molar-refractivity contribution >= 4 is 17.3 Å². The maximum Gasteiger partial charge on any atom is 0.318 e. The number of urea groups is 1. The van der Waals surface area contributed by atoms with E-state index in [4.69, 9.17) is 4.74 Å². The average Bonchev–Trinajstić information content (AvgIpc) is 2.85. The molecule has 8 nitrogen and oxygen atoms in total. The summed E-state index contributed by atoms with van der Waals surface area (Å²) in [6, 6.07) is 15.8. The first-order chi connectivity index (χ1) is 17.6. The number of carbonyl (C=O) groups is 1. The van der Waals surface area contributed by atoms with Gasteiger partial charge in [0.2, 0.25) is 0 Å². The van der Waals surface area contributed by atoms with Crippen molar-refractivity contribution in [2.45, 2.75) is 78.0 Å². The first-order valence-corrected chi connectivity index (χ1v) is 14.2. The number of unbranched alkanes of at least 4 members (excludes halogenated alkanes) is 1. The highest BCUT2D eigenvalue weighted by Gasteiger charge is 2.29. The summed E-state index contributed by atoms with van der Waals surface area (Å²) in [5.74, 6) is 1.45. The highest BCUT2D eigenvalue weighted by atomic mass is 32.2. The van der Waals surface area contributed by atoms with E-state index in [0.717, 1.165) is 63.2 Å². The summed E-state index contributed by atoms with van der Waals surface area (Å²) in [4.78, 5) is 17.4. The number of nitrogens with zero attached hydrogens (tertiary/aromatic N) is 2. The second-order valence-electron chi connectivity index (χ2n) is 10.7. The van der Waals surface area contributed by atoms with Gasteiger partial charge in [-0.15, -0.1) is 0 Å². The Kier molecular flexibility index (Phi) is 10.9. The van der Waals surface area contributed by atoms with Crippen molar-refractivity contribution in [2.24, 2.45) is 0 Å². The van der Waals surface area contributed by atoms with Crippen LogP contribution < -0.4 is 14.8 Å². The lowest BCUT2D eigenvalue weighted by Crippen LogP contribution is -2.54. The van der Waals surface area contributed by atoms with E-state index in [1.54, 1.807) is 0 Å². The van der Waals surface area contributed by atoms with Crippen LogP contribution in [0.25, 0.3) is 0 Å². The lowest BCUT2D eigenvalue weighted by molar-refractivity contribution is 0.112. The molecule has 1 unspecified atom stereocenters. The number of ether oxygens (including phenoxy) is 1. The summed E-state index contributed by atoms with van der Waals surface area (Å²) >= 11 is -2.27. The molecule has 1 aliphatic heterocycles. The summed E-state index contributed by atoms with van der Waals surface area (Å²) in [5.41, 5.74) is 1.85. The third-order valence-electron chi connectivity index (χ3n) is 6.38. The summed E-state index contributed by atoms with van der Waals surface area (Å²) in [5, 5.41) is 3.15. The van der Waals surface area contributed by atoms with Crippen LogP contribution in [0.2, 0.25) is 0 Å². The van der Waals surface area contributed by atoms with Crippen molar-refractivity contribution in [2.75, 3.05) is 19.6 Å². The van der Waals surface area contributed by atoms with Crippen LogP contribution in [-0.2, 0) is 24.4 Å². The number of rotatable bonds is 11. The van der Waals surface area contributed by atoms with Crippen LogP contribution in [-0.4, -0.2) is 55.8 Å². The third kappa shape index (κ3) is 10.1. The summed E-state index contributed by atoms with van der Waals surface area (Å²) in [7, 11) is 0. The molecule has 9 heteroatoms. The molecule has 1 heterocycles. The molecule has 37 heavy (non-hydrogen) atoms. The lowest BCUT2D eigenvalue weighted by atomic mass is 10.0. The van der Waals surface area contributed by atoms with E-state index in [2.05, 4.69) is 38.9 Å². The Bertz CT molecular complexity index is 1000. The van der Waals surface area contributed by atoms with Gasteiger partial charge in [0.25, 0.3) is 0 Å². The Morgan fingerprint density at radius 1 is 1.05 bits per heavy atom. The number of hydrogen-bond donors (Lipinski definition) is 2. The van der Waals surface area contributed by atoms with Gasteiger partial charge in [0.1, 0.15) is 11.5 Å². The van der Waals surface area contributed by atoms with Gasteiger partial charge in [-0.3, -0.25) is 9.11 Å². The van der Waals surface area contributed by atoms with Crippen LogP contribution in [0, 0.1) is 0 Å². The molecule has 2 N–H and O–H groups in total. The van der Waals surface area contributed by atoms with E-state index in [1.165, 1.54) is 5.56 Å². The molecule has 2 amide bonds. The van der Waals surface area contributed by atoms with E-state index < -0.39 is 11.3 Å². The third-order valence-corrected chi connectivity index (χ3v) is 6.76. The summed E-state index contributed by atoms with van der Waals surface area (Å²) in [6.45, 7) is 12.1. The highest BCUT2D eigenvalue weighted by Crippen LogP contribution is 2.24. The Morgan fingerprint density at radius 2 is 1.62 bits per heavy atom. The number of likely N-dealkylation sites (tertiary alicyclic amines) is 1. The van der Waals surface area contributed by atoms with Gasteiger partial charge >= 0.3 is 6.03 Å². The zero-order valence-electron chi connectivity index (χ0n) is 22.5. The Labute approximate surface area is 224 Å². The molecule has 3 rings (SSSR count). The number of nitrogens with one attached hydrogen (secondary N) is 2. The minimum atomic E-state index is -2.27. The largest absolute Gasteiger partial charge is 0.760 e. The summed E-state index contributed by atoms with van der Waals surface area (Å²) < 4.78 is 29.5. The minimum Gasteiger partial charge on any atom is -0.760 e. The number of piperidine rings is 1. The van der Waals surface area contributed by atoms with Crippen molar-refractivity contribution in [3.8, 4) is 11.5 Å². The van der Waals surface area contributed by atoms with Gasteiger partial charge in [0.15, 0.2) is 0 Å². The van der Waals surface area contributed by atoms with E-state index in [1.807, 2.05) is 57.2 Å². The average molecular weight is 530 g/mol. The molecule has 1 atom stereocenters. The molecule has 0 spiro atoms. The molecule has 0 aromatic heterocycles. The van der Waals surface area contributed by atoms with Crippen molar-refractivity contribution < 1.29 is 18.3 Å². The molecular formula is C28H41N4O4S-. The first kappa shape index (κ1) is 29.1. The maximum absolute atomic E-state index is 12.9. The molecule has 2 aromatic carbocycles. The standard InChI is InChI=1S/C28H42N4O4S/c1-5-6-17-32(27(33)30-28(2,3)4)24-15-18-31(19-16-24)21-23-9-13-26(14-10-23)36-25-11-7-22(8-12-25)20-29-37(34)35/h7-14,24,29H,5-6,15-21H2,1-4H3,(H,30,33)(H,34,35)/p-1. The molecule has 1 aliphatic rings. The Hall–Kier alpha value is -2.46. The molecule has 204 valence electrons. The van der Waals surface area contributed by atoms with Crippen molar-refractivity contribution in [3.05, 3.63) is 59.7 Å². The van der Waals surface area contributed by atoms with Gasteiger partial charge in [-0.25, -0.2) is 9.52 Å². The van der Waals surface area contributed by atoms with E-state index in [-0.39, 0.29) is 24.2 Å². The molecule has 0 saturated carbocycles. The number of amides is 2. The quantitative estimate of drug-likeness (QED) is 0.402. The highest BCUT2D eigenvalue weighted by molar-refractivity contribution is 7.77. The van der Waals surface area contributed by atoms with Crippen molar-refractivity contribution in [1.29, 1.82) is 0 Å². The van der Waals surface area contributed by atoms with Gasteiger partial charge in [0.05, 0.1) is 0 Å². The topological polar surface area (TPSA) is 97.0 Å². The SMILES string of the molecule is CCCCN(C(=O)NC(C)(C)C)C1CCN(Cc2ccc(Oc3ccc(CNS(=O)[O-])cc3)cc2)CC1. The zero-order valence-corrected chi connectivity index (χ0v) is 23.3. The van der Waals surface area contributed by atoms with Crippen LogP contribution >= 0.6 is 0 Å². The van der Waals surface area contributed by atoms with Crippen LogP contribution in [0.5, 0.6) is 11.5 Å². The van der Waals surface area contributed by atoms with Crippen molar-refractivity contribution in [3.63, 3.8) is 0 Å². The fraction of sp³-hybridized carbons (Fsp3) is 0.536. The monoisotopic (exact) mass is 529 g/mol. The van der Waals surface area contributed by atoms with E-state index in [9.17, 15) is 13.6 Å². The predicted molar refractivity (Wildman–Crippen MR) is 147 cm³/mol. The molecular weight excluding hydrogens is 488 g/mol. The van der Waals surface area contributed by atoms with Gasteiger partial charge in [0, 0.05) is 55.6 Å². The molecule has 0 radical (unpaired) electrons. The molecule has 2 aromatic rings. The normalized spacial score (nSPS) is 15.8. The number of carbonyl (C=O) groups excluding carboxylic acids is 1. The second kappa shape index (κ2) is 13.9. The van der Waals surface area contributed by atoms with Crippen LogP contribution in [0.1, 0.15) is 64.5 Å². The van der Waals surface area contributed by atoms with E-state index in [0.29, 0.717) is 5.75 Å². The number of benzene rings is 2. The van der Waals surface area contributed by atoms with Crippen LogP contribution in [0.4, 0.5) is 4.79 Å². The van der Waals surface area contributed by atoms with Gasteiger partial charge < -0.3 is 19.5 Å². The minimum absolute atomic E-state index is 0.0557. The predicted octanol–water partition coefficient (Wildman–Crippen LogP) is 4.94. The van der Waals surface area contributed by atoms with E-state index >= 15 is 0 Å². The van der Waals surface area contributed by atoms with Gasteiger partial charge in [-0.1, -0.05) is 37.6 Å². The molecule has 0 bridgehead atoms. The van der Waals surface area contributed by atoms with Crippen LogP contribution in [0.3, 0.4) is 0 Å². The van der Waals surface area contributed by atoms with Crippen molar-refractivity contribution in [1.82, 2.24) is 19.8 Å². The molecule has 1 fully saturated rings. The first-order valence-electron chi connectivity index (χ1n) is 13.1. The summed E-state index contributed by atoms with van der Waals surface area (Å²) in [6.07, 6.45) is 4.07. The fourth-order valence-corrected chi connectivity index (χ4v) is 4.72. The molecule has 0 aliphatic carbocycles. The maximum atomic E-state index is 12.9. The zero-order chi connectivity index (χ0) is 26.8. The Balaban J connectivity index is 1.48. The van der Waals surface area contributed by atoms with Gasteiger partial charge in [-0.2, -0.15) is 0 Å². The van der Waals surface area contributed by atoms with Gasteiger partial charge in [-0.05, 0) is 75.4 Å². The molecule has 1 saturated heterocycles. The lowest BCUT2D eigenvalue weighted by Gasteiger charge is -2.39. The smallest absolute Gasteiger partial charge is 0.318 e.